The SMILES string of the molecule is Cn1c(=O)cc(NCC2(F)CC(NC(=O)COCC3CC3)C2)[nH]c1=O. The molecule has 2 aliphatic carbocycles. The van der Waals surface area contributed by atoms with Crippen LogP contribution in [0, 0.1) is 5.92 Å². The van der Waals surface area contributed by atoms with Gasteiger partial charge in [-0.2, -0.15) is 0 Å². The zero-order valence-electron chi connectivity index (χ0n) is 14.1. The molecule has 0 atom stereocenters. The average Bonchev–Trinajstić information content (AvgIpc) is 3.33. The topological polar surface area (TPSA) is 105 Å². The van der Waals surface area contributed by atoms with Crippen LogP contribution in [-0.4, -0.2) is 46.9 Å². The molecule has 1 heterocycles. The number of H-pyrrole nitrogens is 1. The quantitative estimate of drug-likeness (QED) is 0.605. The third kappa shape index (κ3) is 4.68. The first-order valence-electron chi connectivity index (χ1n) is 8.45. The van der Waals surface area contributed by atoms with Crippen molar-refractivity contribution in [1.29, 1.82) is 0 Å². The summed E-state index contributed by atoms with van der Waals surface area (Å²) in [6.45, 7) is 0.587. The first-order chi connectivity index (χ1) is 11.8. The zero-order valence-corrected chi connectivity index (χ0v) is 14.1. The van der Waals surface area contributed by atoms with Crippen molar-refractivity contribution in [3.05, 3.63) is 26.9 Å². The molecule has 1 aromatic rings. The predicted octanol–water partition coefficient (Wildman–Crippen LogP) is -0.101. The van der Waals surface area contributed by atoms with Gasteiger partial charge in [0.2, 0.25) is 5.91 Å². The molecule has 3 rings (SSSR count). The second kappa shape index (κ2) is 6.99. The van der Waals surface area contributed by atoms with Crippen LogP contribution in [0.3, 0.4) is 0 Å². The van der Waals surface area contributed by atoms with Crippen molar-refractivity contribution in [2.75, 3.05) is 25.1 Å². The van der Waals surface area contributed by atoms with Gasteiger partial charge >= 0.3 is 5.69 Å². The number of carbonyl (C=O) groups excluding carboxylic acids is 1. The number of amides is 1. The third-order valence-corrected chi connectivity index (χ3v) is 4.61. The number of carbonyl (C=O) groups is 1. The number of hydrogen-bond acceptors (Lipinski definition) is 5. The van der Waals surface area contributed by atoms with Gasteiger partial charge in [-0.1, -0.05) is 0 Å². The molecule has 1 aromatic heterocycles. The summed E-state index contributed by atoms with van der Waals surface area (Å²) in [5.74, 6) is 0.560. The van der Waals surface area contributed by atoms with Gasteiger partial charge < -0.3 is 15.4 Å². The molecule has 1 amide bonds. The summed E-state index contributed by atoms with van der Waals surface area (Å²) < 4.78 is 20.7. The van der Waals surface area contributed by atoms with Crippen molar-refractivity contribution in [1.82, 2.24) is 14.9 Å². The first kappa shape index (κ1) is 17.7. The number of aromatic amines is 1. The third-order valence-electron chi connectivity index (χ3n) is 4.61. The molecule has 0 bridgehead atoms. The summed E-state index contributed by atoms with van der Waals surface area (Å²) in [4.78, 5) is 37.2. The van der Waals surface area contributed by atoms with Crippen molar-refractivity contribution < 1.29 is 13.9 Å². The Morgan fingerprint density at radius 3 is 2.80 bits per heavy atom. The molecule has 0 saturated heterocycles. The van der Waals surface area contributed by atoms with Gasteiger partial charge in [-0.3, -0.25) is 19.1 Å². The number of anilines is 1. The molecule has 8 nitrogen and oxygen atoms in total. The molecule has 2 fully saturated rings. The van der Waals surface area contributed by atoms with E-state index in [4.69, 9.17) is 4.74 Å². The predicted molar refractivity (Wildman–Crippen MR) is 89.3 cm³/mol. The van der Waals surface area contributed by atoms with Crippen LogP contribution in [0.2, 0.25) is 0 Å². The van der Waals surface area contributed by atoms with E-state index in [1.165, 1.54) is 26.0 Å². The van der Waals surface area contributed by atoms with E-state index in [1.807, 2.05) is 0 Å². The van der Waals surface area contributed by atoms with E-state index < -0.39 is 16.9 Å². The normalized spacial score (nSPS) is 25.3. The number of halogens is 1. The van der Waals surface area contributed by atoms with Crippen LogP contribution in [0.25, 0.3) is 0 Å². The molecule has 2 aliphatic rings. The fourth-order valence-corrected chi connectivity index (χ4v) is 2.85. The maximum Gasteiger partial charge on any atom is 0.329 e. The largest absolute Gasteiger partial charge is 0.371 e. The van der Waals surface area contributed by atoms with Crippen LogP contribution in [0.1, 0.15) is 25.7 Å². The molecule has 138 valence electrons. The van der Waals surface area contributed by atoms with Gasteiger partial charge in [0.15, 0.2) is 0 Å². The lowest BCUT2D eigenvalue weighted by Gasteiger charge is -2.41. The highest BCUT2D eigenvalue weighted by Gasteiger charge is 2.45. The van der Waals surface area contributed by atoms with Gasteiger partial charge in [0.05, 0.1) is 13.2 Å². The molecule has 0 radical (unpaired) electrons. The molecule has 0 spiro atoms. The molecule has 0 aliphatic heterocycles. The van der Waals surface area contributed by atoms with Crippen molar-refractivity contribution in [2.45, 2.75) is 37.4 Å². The fraction of sp³-hybridized carbons (Fsp3) is 0.688. The van der Waals surface area contributed by atoms with Gasteiger partial charge in [0.25, 0.3) is 5.56 Å². The number of aromatic nitrogens is 2. The summed E-state index contributed by atoms with van der Waals surface area (Å²) in [6, 6.07) is 0.992. The Morgan fingerprint density at radius 2 is 2.16 bits per heavy atom. The lowest BCUT2D eigenvalue weighted by atomic mass is 9.77. The van der Waals surface area contributed by atoms with E-state index in [0.29, 0.717) is 12.5 Å². The van der Waals surface area contributed by atoms with Gasteiger partial charge in [-0.05, 0) is 18.8 Å². The minimum absolute atomic E-state index is 0.0130. The van der Waals surface area contributed by atoms with E-state index in [0.717, 1.165) is 4.57 Å². The Morgan fingerprint density at radius 1 is 1.44 bits per heavy atom. The lowest BCUT2D eigenvalue weighted by Crippen LogP contribution is -2.56. The number of nitrogens with zero attached hydrogens (tertiary/aromatic N) is 1. The summed E-state index contributed by atoms with van der Waals surface area (Å²) in [5.41, 5.74) is -2.51. The van der Waals surface area contributed by atoms with Crippen molar-refractivity contribution in [2.24, 2.45) is 13.0 Å². The van der Waals surface area contributed by atoms with Crippen LogP contribution in [0.4, 0.5) is 10.2 Å². The molecule has 9 heteroatoms. The Hall–Kier alpha value is -2.16. The molecule has 3 N–H and O–H groups in total. The highest BCUT2D eigenvalue weighted by Crippen LogP contribution is 2.36. The van der Waals surface area contributed by atoms with E-state index in [-0.39, 0.29) is 43.8 Å². The summed E-state index contributed by atoms with van der Waals surface area (Å²) in [6.07, 6.45) is 2.70. The molecule has 2 saturated carbocycles. The fourth-order valence-electron chi connectivity index (χ4n) is 2.85. The van der Waals surface area contributed by atoms with Crippen molar-refractivity contribution in [3.8, 4) is 0 Å². The number of hydrogen-bond donors (Lipinski definition) is 3. The van der Waals surface area contributed by atoms with Crippen LogP contribution >= 0.6 is 0 Å². The maximum atomic E-state index is 14.5. The van der Waals surface area contributed by atoms with Crippen LogP contribution in [0.15, 0.2) is 15.7 Å². The second-order valence-electron chi connectivity index (χ2n) is 7.02. The molecule has 25 heavy (non-hydrogen) atoms. The Bertz CT molecular complexity index is 718. The van der Waals surface area contributed by atoms with Crippen LogP contribution in [0.5, 0.6) is 0 Å². The minimum Gasteiger partial charge on any atom is -0.371 e. The summed E-state index contributed by atoms with van der Waals surface area (Å²) in [5, 5.41) is 5.49. The zero-order chi connectivity index (χ0) is 18.0. The van der Waals surface area contributed by atoms with E-state index in [2.05, 4.69) is 15.6 Å². The van der Waals surface area contributed by atoms with E-state index >= 15 is 0 Å². The maximum absolute atomic E-state index is 14.5. The Kier molecular flexibility index (Phi) is 4.94. The summed E-state index contributed by atoms with van der Waals surface area (Å²) >= 11 is 0. The molecule has 0 unspecified atom stereocenters. The smallest absolute Gasteiger partial charge is 0.329 e. The molecular weight excluding hydrogens is 331 g/mol. The average molecular weight is 354 g/mol. The van der Waals surface area contributed by atoms with Gasteiger partial charge in [-0.25, -0.2) is 9.18 Å². The Balaban J connectivity index is 1.39. The van der Waals surface area contributed by atoms with Gasteiger partial charge in [0.1, 0.15) is 18.1 Å². The minimum atomic E-state index is -1.48. The van der Waals surface area contributed by atoms with Gasteiger partial charge in [-0.15, -0.1) is 0 Å². The van der Waals surface area contributed by atoms with Gasteiger partial charge in [0, 0.05) is 32.0 Å². The van der Waals surface area contributed by atoms with Crippen molar-refractivity contribution in [3.63, 3.8) is 0 Å². The number of ether oxygens (including phenoxy) is 1. The van der Waals surface area contributed by atoms with Crippen molar-refractivity contribution >= 4 is 11.7 Å². The van der Waals surface area contributed by atoms with E-state index in [1.54, 1.807) is 0 Å². The highest BCUT2D eigenvalue weighted by molar-refractivity contribution is 5.77. The standard InChI is InChI=1S/C16H23FN4O4/c1-21-14(23)4-12(20-15(21)24)18-9-16(17)5-11(6-16)19-13(22)8-25-7-10-2-3-10/h4,10-11,18H,2-3,5-9H2,1H3,(H,19,22)(H,20,24). The monoisotopic (exact) mass is 354 g/mol. The molecule has 0 aromatic carbocycles. The van der Waals surface area contributed by atoms with Crippen LogP contribution < -0.4 is 21.9 Å². The Labute approximate surface area is 143 Å². The number of alkyl halides is 1. The second-order valence-corrected chi connectivity index (χ2v) is 7.02. The highest BCUT2D eigenvalue weighted by atomic mass is 19.1. The summed E-state index contributed by atoms with van der Waals surface area (Å²) in [7, 11) is 1.36. The number of nitrogens with one attached hydrogen (secondary N) is 3. The number of rotatable bonds is 8. The van der Waals surface area contributed by atoms with Crippen LogP contribution in [-0.2, 0) is 16.6 Å². The van der Waals surface area contributed by atoms with E-state index in [9.17, 15) is 18.8 Å². The molecular formula is C16H23FN4O4. The first-order valence-corrected chi connectivity index (χ1v) is 8.45. The lowest BCUT2D eigenvalue weighted by molar-refractivity contribution is -0.128.